The van der Waals surface area contributed by atoms with E-state index in [4.69, 9.17) is 9.84 Å². The van der Waals surface area contributed by atoms with Gasteiger partial charge >= 0.3 is 12.1 Å². The van der Waals surface area contributed by atoms with E-state index in [9.17, 15) is 23.2 Å². The minimum Gasteiger partial charge on any atom is -0.481 e. The number of amides is 2. The van der Waals surface area contributed by atoms with Gasteiger partial charge in [-0.05, 0) is 35.1 Å². The molecule has 4 unspecified atom stereocenters. The van der Waals surface area contributed by atoms with Gasteiger partial charge in [0.1, 0.15) is 12.5 Å². The zero-order valence-electron chi connectivity index (χ0n) is 18.9. The molecular weight excluding hydrogens is 458 g/mol. The highest BCUT2D eigenvalue weighted by molar-refractivity contribution is 5.82. The van der Waals surface area contributed by atoms with Gasteiger partial charge in [0.2, 0.25) is 5.91 Å². The van der Waals surface area contributed by atoms with Gasteiger partial charge in [-0.2, -0.15) is 0 Å². The average Bonchev–Trinajstić information content (AvgIpc) is 3.13. The fourth-order valence-electron chi connectivity index (χ4n) is 5.56. The van der Waals surface area contributed by atoms with Crippen LogP contribution in [-0.2, 0) is 14.3 Å². The number of hydrogen-bond donors (Lipinski definition) is 3. The first-order valence-corrected chi connectivity index (χ1v) is 11.8. The molecule has 184 valence electrons. The van der Waals surface area contributed by atoms with Crippen LogP contribution in [0.1, 0.15) is 36.3 Å². The van der Waals surface area contributed by atoms with E-state index in [0.29, 0.717) is 19.3 Å². The number of hydrogen-bond acceptors (Lipinski definition) is 4. The van der Waals surface area contributed by atoms with Crippen LogP contribution in [0.4, 0.5) is 13.6 Å². The third kappa shape index (κ3) is 4.24. The zero-order chi connectivity index (χ0) is 24.7. The Labute approximate surface area is 200 Å². The number of carbonyl (C=O) groups is 3. The third-order valence-electron chi connectivity index (χ3n) is 7.46. The fourth-order valence-corrected chi connectivity index (χ4v) is 5.56. The SMILES string of the molecule is O=C(NC1CCCC1C(=O)NCC1C(C(=O)O)C1(F)F)OCC1c2ccccc2-c2ccccc21. The van der Waals surface area contributed by atoms with Crippen LogP contribution in [0.2, 0.25) is 0 Å². The Morgan fingerprint density at radius 1 is 1.00 bits per heavy atom. The van der Waals surface area contributed by atoms with E-state index in [2.05, 4.69) is 10.6 Å². The molecule has 2 amide bonds. The number of rotatable bonds is 7. The van der Waals surface area contributed by atoms with Crippen molar-refractivity contribution in [1.29, 1.82) is 0 Å². The molecule has 3 aliphatic carbocycles. The number of nitrogens with one attached hydrogen (secondary N) is 2. The first-order valence-electron chi connectivity index (χ1n) is 11.8. The summed E-state index contributed by atoms with van der Waals surface area (Å²) in [5.74, 6) is -9.17. The summed E-state index contributed by atoms with van der Waals surface area (Å²) in [6.07, 6.45) is 1.14. The minimum atomic E-state index is -3.31. The van der Waals surface area contributed by atoms with Crippen LogP contribution in [0.25, 0.3) is 11.1 Å². The van der Waals surface area contributed by atoms with E-state index < -0.39 is 54.2 Å². The molecule has 2 aromatic rings. The summed E-state index contributed by atoms with van der Waals surface area (Å²) in [4.78, 5) is 36.1. The molecule has 2 saturated carbocycles. The van der Waals surface area contributed by atoms with Crippen LogP contribution in [0.3, 0.4) is 0 Å². The molecule has 0 spiro atoms. The maximum atomic E-state index is 13.6. The van der Waals surface area contributed by atoms with Crippen molar-refractivity contribution >= 4 is 18.0 Å². The summed E-state index contributed by atoms with van der Waals surface area (Å²) < 4.78 is 32.7. The van der Waals surface area contributed by atoms with Crippen molar-refractivity contribution in [3.05, 3.63) is 59.7 Å². The lowest BCUT2D eigenvalue weighted by atomic mass is 9.98. The van der Waals surface area contributed by atoms with Crippen LogP contribution < -0.4 is 10.6 Å². The van der Waals surface area contributed by atoms with Gasteiger partial charge in [0.05, 0.1) is 11.8 Å². The maximum absolute atomic E-state index is 13.6. The fraction of sp³-hybridized carbons (Fsp3) is 0.423. The van der Waals surface area contributed by atoms with Crippen LogP contribution in [-0.4, -0.2) is 48.2 Å². The van der Waals surface area contributed by atoms with E-state index in [-0.39, 0.29) is 12.5 Å². The number of carboxylic acid groups (broad SMARTS) is 1. The molecule has 35 heavy (non-hydrogen) atoms. The summed E-state index contributed by atoms with van der Waals surface area (Å²) in [5.41, 5.74) is 4.43. The molecular formula is C26H26F2N2O5. The number of fused-ring (bicyclic) bond motifs is 3. The van der Waals surface area contributed by atoms with Gasteiger partial charge in [0, 0.05) is 18.5 Å². The van der Waals surface area contributed by atoms with Gasteiger partial charge in [-0.25, -0.2) is 13.6 Å². The van der Waals surface area contributed by atoms with Gasteiger partial charge in [-0.3, -0.25) is 9.59 Å². The summed E-state index contributed by atoms with van der Waals surface area (Å²) >= 11 is 0. The molecule has 3 aliphatic rings. The number of ether oxygens (including phenoxy) is 1. The van der Waals surface area contributed by atoms with E-state index in [0.717, 1.165) is 22.3 Å². The number of alkyl halides is 2. The van der Waals surface area contributed by atoms with Crippen molar-refractivity contribution < 1.29 is 33.0 Å². The summed E-state index contributed by atoms with van der Waals surface area (Å²) in [7, 11) is 0. The van der Waals surface area contributed by atoms with E-state index in [1.807, 2.05) is 48.5 Å². The quantitative estimate of drug-likeness (QED) is 0.555. The van der Waals surface area contributed by atoms with Gasteiger partial charge < -0.3 is 20.5 Å². The Hall–Kier alpha value is -3.49. The van der Waals surface area contributed by atoms with Crippen LogP contribution in [0, 0.1) is 17.8 Å². The smallest absolute Gasteiger partial charge is 0.407 e. The zero-order valence-corrected chi connectivity index (χ0v) is 18.9. The van der Waals surface area contributed by atoms with Crippen molar-refractivity contribution in [3.63, 3.8) is 0 Å². The van der Waals surface area contributed by atoms with Crippen LogP contribution >= 0.6 is 0 Å². The highest BCUT2D eigenvalue weighted by Gasteiger charge is 2.72. The van der Waals surface area contributed by atoms with E-state index in [1.165, 1.54) is 0 Å². The number of carbonyl (C=O) groups excluding carboxylic acids is 2. The Morgan fingerprint density at radius 3 is 2.23 bits per heavy atom. The van der Waals surface area contributed by atoms with Gasteiger partial charge in [0.25, 0.3) is 5.92 Å². The normalized spacial score (nSPS) is 25.9. The Balaban J connectivity index is 1.15. The lowest BCUT2D eigenvalue weighted by Gasteiger charge is -2.21. The molecule has 0 aliphatic heterocycles. The summed E-state index contributed by atoms with van der Waals surface area (Å²) in [6, 6.07) is 15.5. The highest BCUT2D eigenvalue weighted by Crippen LogP contribution is 2.55. The molecule has 5 rings (SSSR count). The Morgan fingerprint density at radius 2 is 1.63 bits per heavy atom. The second-order valence-electron chi connectivity index (χ2n) is 9.46. The Kier molecular flexibility index (Phi) is 5.94. The molecule has 0 saturated heterocycles. The van der Waals surface area contributed by atoms with Gasteiger partial charge in [-0.1, -0.05) is 55.0 Å². The van der Waals surface area contributed by atoms with Crippen molar-refractivity contribution in [1.82, 2.24) is 10.6 Å². The molecule has 0 aromatic heterocycles. The first-order chi connectivity index (χ1) is 16.8. The average molecular weight is 484 g/mol. The van der Waals surface area contributed by atoms with Crippen LogP contribution in [0.15, 0.2) is 48.5 Å². The first kappa shape index (κ1) is 23.3. The molecule has 7 nitrogen and oxygen atoms in total. The van der Waals surface area contributed by atoms with E-state index in [1.54, 1.807) is 0 Å². The van der Waals surface area contributed by atoms with Crippen LogP contribution in [0.5, 0.6) is 0 Å². The summed E-state index contributed by atoms with van der Waals surface area (Å²) in [6.45, 7) is -0.256. The third-order valence-corrected chi connectivity index (χ3v) is 7.46. The Bertz CT molecular complexity index is 1120. The molecule has 2 aromatic carbocycles. The molecule has 3 N–H and O–H groups in total. The monoisotopic (exact) mass is 484 g/mol. The largest absolute Gasteiger partial charge is 0.481 e. The summed E-state index contributed by atoms with van der Waals surface area (Å²) in [5, 5.41) is 14.1. The topological polar surface area (TPSA) is 105 Å². The van der Waals surface area contributed by atoms with Crippen molar-refractivity contribution in [2.24, 2.45) is 17.8 Å². The number of carboxylic acids is 1. The lowest BCUT2D eigenvalue weighted by molar-refractivity contribution is -0.141. The minimum absolute atomic E-state index is 0.0850. The molecule has 0 heterocycles. The maximum Gasteiger partial charge on any atom is 0.407 e. The second-order valence-corrected chi connectivity index (χ2v) is 9.46. The number of halogens is 2. The molecule has 4 atom stereocenters. The molecule has 9 heteroatoms. The predicted octanol–water partition coefficient (Wildman–Crippen LogP) is 3.78. The van der Waals surface area contributed by atoms with Crippen molar-refractivity contribution in [2.75, 3.05) is 13.2 Å². The standard InChI is InChI=1S/C26H26F2N2O5/c27-26(28)20(22(26)24(32)33)12-29-23(31)18-10-5-11-21(18)30-25(34)35-13-19-16-8-3-1-6-14(16)15-7-2-4-9-17(15)19/h1-4,6-9,18-22H,5,10-13H2,(H,29,31)(H,30,34)(H,32,33). The number of aliphatic carboxylic acids is 1. The molecule has 0 radical (unpaired) electrons. The molecule has 0 bridgehead atoms. The van der Waals surface area contributed by atoms with Gasteiger partial charge in [0.15, 0.2) is 0 Å². The number of benzene rings is 2. The van der Waals surface area contributed by atoms with Gasteiger partial charge in [-0.15, -0.1) is 0 Å². The lowest BCUT2D eigenvalue weighted by Crippen LogP contribution is -2.45. The highest BCUT2D eigenvalue weighted by atomic mass is 19.3. The predicted molar refractivity (Wildman–Crippen MR) is 122 cm³/mol. The molecule has 2 fully saturated rings. The van der Waals surface area contributed by atoms with Crippen molar-refractivity contribution in [2.45, 2.75) is 37.1 Å². The second kappa shape index (κ2) is 8.94. The number of alkyl carbamates (subject to hydrolysis) is 1. The van der Waals surface area contributed by atoms with Crippen molar-refractivity contribution in [3.8, 4) is 11.1 Å². The van der Waals surface area contributed by atoms with E-state index >= 15 is 0 Å².